The summed E-state index contributed by atoms with van der Waals surface area (Å²) in [5.41, 5.74) is 2.58. The van der Waals surface area contributed by atoms with Crippen LogP contribution < -0.4 is 10.6 Å². The van der Waals surface area contributed by atoms with Gasteiger partial charge in [-0.1, -0.05) is 75.4 Å². The fourth-order valence-electron chi connectivity index (χ4n) is 2.87. The van der Waals surface area contributed by atoms with Crippen LogP contribution in [0, 0.1) is 5.41 Å². The maximum absolute atomic E-state index is 12.4. The van der Waals surface area contributed by atoms with Crippen molar-refractivity contribution in [2.75, 3.05) is 6.26 Å². The summed E-state index contributed by atoms with van der Waals surface area (Å²) in [6.07, 6.45) is 1.21. The Balaban J connectivity index is 1.96. The molecule has 2 aromatic rings. The first-order valence-electron chi connectivity index (χ1n) is 8.89. The van der Waals surface area contributed by atoms with Gasteiger partial charge in [0.1, 0.15) is 0 Å². The molecule has 0 aliphatic rings. The molecule has 0 aliphatic heterocycles. The predicted molar refractivity (Wildman–Crippen MR) is 109 cm³/mol. The molecule has 5 nitrogen and oxygen atoms in total. The van der Waals surface area contributed by atoms with Gasteiger partial charge < -0.3 is 10.6 Å². The first-order valence-corrected chi connectivity index (χ1v) is 11.0. The molecule has 6 heteroatoms. The minimum absolute atomic E-state index is 0.0194. The Labute approximate surface area is 162 Å². The van der Waals surface area contributed by atoms with Crippen molar-refractivity contribution in [3.05, 3.63) is 71.3 Å². The van der Waals surface area contributed by atoms with Crippen LogP contribution in [-0.2, 0) is 22.1 Å². The molecule has 1 atom stereocenters. The van der Waals surface area contributed by atoms with Crippen molar-refractivity contribution in [3.63, 3.8) is 0 Å². The van der Waals surface area contributed by atoms with E-state index in [0.29, 0.717) is 6.54 Å². The normalized spacial score (nSPS) is 13.0. The van der Waals surface area contributed by atoms with Crippen LogP contribution in [0.5, 0.6) is 0 Å². The number of hydrogen-bond acceptors (Lipinski definition) is 3. The highest BCUT2D eigenvalue weighted by Gasteiger charge is 2.27. The second-order valence-corrected chi connectivity index (χ2v) is 10.1. The van der Waals surface area contributed by atoms with Crippen molar-refractivity contribution in [2.45, 2.75) is 39.1 Å². The highest BCUT2D eigenvalue weighted by Crippen LogP contribution is 2.32. The van der Waals surface area contributed by atoms with Crippen LogP contribution in [0.3, 0.4) is 0 Å². The van der Waals surface area contributed by atoms with Gasteiger partial charge in [0.25, 0.3) is 0 Å². The molecule has 1 unspecified atom stereocenters. The predicted octanol–water partition coefficient (Wildman–Crippen LogP) is 3.82. The van der Waals surface area contributed by atoms with Gasteiger partial charge in [-0.25, -0.2) is 13.2 Å². The van der Waals surface area contributed by atoms with Crippen molar-refractivity contribution in [3.8, 4) is 0 Å². The minimum Gasteiger partial charge on any atom is -0.334 e. The summed E-state index contributed by atoms with van der Waals surface area (Å²) in [7, 11) is -3.05. The molecule has 2 amide bonds. The van der Waals surface area contributed by atoms with E-state index in [1.807, 2.05) is 42.5 Å². The lowest BCUT2D eigenvalue weighted by atomic mass is 9.82. The Morgan fingerprint density at radius 2 is 1.52 bits per heavy atom. The molecule has 0 fully saturated rings. The lowest BCUT2D eigenvalue weighted by Crippen LogP contribution is -2.42. The van der Waals surface area contributed by atoms with Gasteiger partial charge in [0.2, 0.25) is 0 Å². The third kappa shape index (κ3) is 7.06. The van der Waals surface area contributed by atoms with E-state index in [2.05, 4.69) is 31.4 Å². The summed E-state index contributed by atoms with van der Waals surface area (Å²) in [4.78, 5) is 12.4. The Morgan fingerprint density at radius 1 is 0.963 bits per heavy atom. The van der Waals surface area contributed by atoms with Gasteiger partial charge in [-0.05, 0) is 22.1 Å². The van der Waals surface area contributed by atoms with Gasteiger partial charge in [0.15, 0.2) is 9.84 Å². The van der Waals surface area contributed by atoms with E-state index < -0.39 is 9.84 Å². The summed E-state index contributed by atoms with van der Waals surface area (Å²) in [6, 6.07) is 16.8. The molecule has 27 heavy (non-hydrogen) atoms. The van der Waals surface area contributed by atoms with Crippen LogP contribution in [0.1, 0.15) is 43.5 Å². The molecule has 0 saturated heterocycles. The second-order valence-electron chi connectivity index (χ2n) is 7.92. The van der Waals surface area contributed by atoms with E-state index >= 15 is 0 Å². The third-order valence-corrected chi connectivity index (χ3v) is 5.04. The molecule has 0 spiro atoms. The number of nitrogens with one attached hydrogen (secondary N) is 2. The Morgan fingerprint density at radius 3 is 2.04 bits per heavy atom. The monoisotopic (exact) mass is 388 g/mol. The average molecular weight is 389 g/mol. The third-order valence-electron chi connectivity index (χ3n) is 4.18. The molecule has 0 radical (unpaired) electrons. The van der Waals surface area contributed by atoms with Crippen LogP contribution in [0.25, 0.3) is 0 Å². The molecule has 2 rings (SSSR count). The number of sulfone groups is 1. The minimum atomic E-state index is -3.05. The van der Waals surface area contributed by atoms with Gasteiger partial charge in [0, 0.05) is 12.8 Å². The zero-order chi connectivity index (χ0) is 20.1. The SMILES string of the molecule is CC(C)(C)C(NC(=O)NCc1ccc(CS(C)(=O)=O)cc1)c1ccccc1. The maximum atomic E-state index is 12.4. The number of amides is 2. The summed E-state index contributed by atoms with van der Waals surface area (Å²) in [5.74, 6) is 0.0194. The van der Waals surface area contributed by atoms with Gasteiger partial charge in [0.05, 0.1) is 11.8 Å². The molecule has 2 N–H and O–H groups in total. The van der Waals surface area contributed by atoms with Gasteiger partial charge in [-0.2, -0.15) is 0 Å². The van der Waals surface area contributed by atoms with E-state index in [1.165, 1.54) is 6.26 Å². The van der Waals surface area contributed by atoms with Crippen molar-refractivity contribution in [1.29, 1.82) is 0 Å². The van der Waals surface area contributed by atoms with Crippen molar-refractivity contribution < 1.29 is 13.2 Å². The zero-order valence-corrected chi connectivity index (χ0v) is 17.1. The van der Waals surface area contributed by atoms with Crippen molar-refractivity contribution in [2.24, 2.45) is 5.41 Å². The first-order chi connectivity index (χ1) is 12.5. The standard InChI is InChI=1S/C21H28N2O3S/c1-21(2,3)19(18-8-6-5-7-9-18)23-20(24)22-14-16-10-12-17(13-11-16)15-27(4,25)26/h5-13,19H,14-15H2,1-4H3,(H2,22,23,24). The van der Waals surface area contributed by atoms with Crippen LogP contribution in [0.15, 0.2) is 54.6 Å². The van der Waals surface area contributed by atoms with Crippen LogP contribution in [0.4, 0.5) is 4.79 Å². The fourth-order valence-corrected chi connectivity index (χ4v) is 3.66. The van der Waals surface area contributed by atoms with Gasteiger partial charge in [-0.15, -0.1) is 0 Å². The smallest absolute Gasteiger partial charge is 0.315 e. The number of urea groups is 1. The van der Waals surface area contributed by atoms with E-state index in [-0.39, 0.29) is 23.2 Å². The molecular formula is C21H28N2O3S. The molecule has 0 aromatic heterocycles. The van der Waals surface area contributed by atoms with Gasteiger partial charge in [-0.3, -0.25) is 0 Å². The molecular weight excluding hydrogens is 360 g/mol. The summed E-state index contributed by atoms with van der Waals surface area (Å²) >= 11 is 0. The zero-order valence-electron chi connectivity index (χ0n) is 16.3. The number of carbonyl (C=O) groups is 1. The Hall–Kier alpha value is -2.34. The summed E-state index contributed by atoms with van der Waals surface area (Å²) < 4.78 is 22.7. The van der Waals surface area contributed by atoms with Crippen LogP contribution in [0.2, 0.25) is 0 Å². The summed E-state index contributed by atoms with van der Waals surface area (Å²) in [5, 5.41) is 5.93. The molecule has 2 aromatic carbocycles. The number of benzene rings is 2. The van der Waals surface area contributed by atoms with E-state index in [9.17, 15) is 13.2 Å². The van der Waals surface area contributed by atoms with Crippen molar-refractivity contribution >= 4 is 15.9 Å². The largest absolute Gasteiger partial charge is 0.334 e. The highest BCUT2D eigenvalue weighted by atomic mass is 32.2. The molecule has 0 aliphatic carbocycles. The fraction of sp³-hybridized carbons (Fsp3) is 0.381. The molecule has 0 saturated carbocycles. The number of rotatable bonds is 6. The molecule has 0 bridgehead atoms. The lowest BCUT2D eigenvalue weighted by Gasteiger charge is -2.32. The molecule has 0 heterocycles. The average Bonchev–Trinajstić information content (AvgIpc) is 2.57. The highest BCUT2D eigenvalue weighted by molar-refractivity contribution is 7.89. The van der Waals surface area contributed by atoms with Crippen molar-refractivity contribution in [1.82, 2.24) is 10.6 Å². The number of carbonyl (C=O) groups excluding carboxylic acids is 1. The van der Waals surface area contributed by atoms with Crippen LogP contribution >= 0.6 is 0 Å². The Kier molecular flexibility index (Phi) is 6.65. The number of hydrogen-bond donors (Lipinski definition) is 2. The van der Waals surface area contributed by atoms with E-state index in [0.717, 1.165) is 16.7 Å². The van der Waals surface area contributed by atoms with E-state index in [4.69, 9.17) is 0 Å². The summed E-state index contributed by atoms with van der Waals surface area (Å²) in [6.45, 7) is 6.64. The quantitative estimate of drug-likeness (QED) is 0.790. The molecule has 146 valence electrons. The topological polar surface area (TPSA) is 75.3 Å². The lowest BCUT2D eigenvalue weighted by molar-refractivity contribution is 0.218. The van der Waals surface area contributed by atoms with E-state index in [1.54, 1.807) is 12.1 Å². The maximum Gasteiger partial charge on any atom is 0.315 e. The Bertz CT molecular complexity index is 855. The van der Waals surface area contributed by atoms with Crippen LogP contribution in [-0.4, -0.2) is 20.7 Å². The van der Waals surface area contributed by atoms with Gasteiger partial charge >= 0.3 is 6.03 Å². The first kappa shape index (κ1) is 21.0. The second kappa shape index (κ2) is 8.57.